The lowest BCUT2D eigenvalue weighted by Crippen LogP contribution is -2.53. The van der Waals surface area contributed by atoms with Gasteiger partial charge in [0.15, 0.2) is 0 Å². The fourth-order valence-corrected chi connectivity index (χ4v) is 3.96. The van der Waals surface area contributed by atoms with Gasteiger partial charge in [-0.05, 0) is 35.3 Å². The summed E-state index contributed by atoms with van der Waals surface area (Å²) in [5.41, 5.74) is 11.2. The quantitative estimate of drug-likeness (QED) is 0.826. The number of hydrogen-bond acceptors (Lipinski definition) is 3. The number of hydrazine groups is 1. The third-order valence-corrected chi connectivity index (χ3v) is 5.30. The lowest BCUT2D eigenvalue weighted by atomic mass is 9.86. The van der Waals surface area contributed by atoms with Gasteiger partial charge in [-0.25, -0.2) is 5.01 Å². The van der Waals surface area contributed by atoms with E-state index in [0.717, 1.165) is 5.56 Å². The monoisotopic (exact) mass is 393 g/mol. The number of hydrogen-bond donors (Lipinski definition) is 2. The van der Waals surface area contributed by atoms with Crippen LogP contribution in [-0.4, -0.2) is 22.9 Å². The number of carbonyl (C=O) groups is 2. The van der Waals surface area contributed by atoms with Crippen LogP contribution in [0.4, 0.5) is 0 Å². The highest BCUT2D eigenvalue weighted by atomic mass is 16.2. The van der Waals surface area contributed by atoms with Crippen LogP contribution in [0.15, 0.2) is 60.7 Å². The molecule has 1 heterocycles. The van der Waals surface area contributed by atoms with E-state index in [1.807, 2.05) is 69.3 Å². The van der Waals surface area contributed by atoms with E-state index in [1.165, 1.54) is 10.6 Å². The van der Waals surface area contributed by atoms with Gasteiger partial charge in [0.25, 0.3) is 5.91 Å². The zero-order valence-corrected chi connectivity index (χ0v) is 17.5. The summed E-state index contributed by atoms with van der Waals surface area (Å²) in [6.07, 6.45) is 1.58. The zero-order chi connectivity index (χ0) is 21.0. The maximum atomic E-state index is 13.2. The summed E-state index contributed by atoms with van der Waals surface area (Å²) < 4.78 is 0. The molecule has 0 aromatic heterocycles. The number of carbonyl (C=O) groups excluding carboxylic acids is 2. The minimum absolute atomic E-state index is 0.130. The Morgan fingerprint density at radius 1 is 1.00 bits per heavy atom. The molecular formula is C24H31N3O2. The van der Waals surface area contributed by atoms with Crippen LogP contribution in [0.25, 0.3) is 0 Å². The van der Waals surface area contributed by atoms with E-state index >= 15 is 0 Å². The van der Waals surface area contributed by atoms with Gasteiger partial charge in [-0.1, -0.05) is 81.4 Å². The molecule has 3 rings (SSSR count). The first kappa shape index (κ1) is 21.1. The summed E-state index contributed by atoms with van der Waals surface area (Å²) in [5, 5.41) is 1.48. The molecule has 1 saturated heterocycles. The Hall–Kier alpha value is -2.66. The third-order valence-electron chi connectivity index (χ3n) is 5.30. The minimum atomic E-state index is -0.663. The molecule has 154 valence electrons. The van der Waals surface area contributed by atoms with E-state index in [1.54, 1.807) is 0 Å². The topological polar surface area (TPSA) is 75.4 Å². The van der Waals surface area contributed by atoms with Gasteiger partial charge in [-0.2, -0.15) is 0 Å². The molecule has 0 radical (unpaired) electrons. The Morgan fingerprint density at radius 3 is 2.10 bits per heavy atom. The molecule has 0 aliphatic carbocycles. The molecule has 1 aliphatic rings. The highest BCUT2D eigenvalue weighted by Crippen LogP contribution is 2.38. The number of nitrogens with zero attached hydrogens (tertiary/aromatic N) is 1. The molecule has 3 N–H and O–H groups in total. The van der Waals surface area contributed by atoms with Crippen LogP contribution in [0.2, 0.25) is 0 Å². The number of amides is 2. The van der Waals surface area contributed by atoms with Gasteiger partial charge in [0.1, 0.15) is 0 Å². The van der Waals surface area contributed by atoms with Gasteiger partial charge in [0.2, 0.25) is 5.91 Å². The fourth-order valence-electron chi connectivity index (χ4n) is 3.96. The maximum absolute atomic E-state index is 13.2. The van der Waals surface area contributed by atoms with Gasteiger partial charge in [0.05, 0.1) is 12.1 Å². The van der Waals surface area contributed by atoms with Crippen molar-refractivity contribution >= 4 is 11.8 Å². The molecule has 1 fully saturated rings. The first-order valence-corrected chi connectivity index (χ1v) is 10.2. The lowest BCUT2D eigenvalue weighted by Gasteiger charge is -2.33. The standard InChI is InChI=1S/C24H31N3O2/c1-24(2,3)16-22(28)26-27-21(18-12-8-5-9-13-18)15-19(14-20(25)23(27)29)17-10-6-4-7-11-17/h4-13,19-21H,14-16,25H2,1-3H3,(H,26,28). The average molecular weight is 394 g/mol. The molecule has 2 amide bonds. The maximum Gasteiger partial charge on any atom is 0.258 e. The van der Waals surface area contributed by atoms with Gasteiger partial charge in [-0.3, -0.25) is 15.0 Å². The van der Waals surface area contributed by atoms with Crippen LogP contribution in [0.3, 0.4) is 0 Å². The molecule has 1 aliphatic heterocycles. The number of benzene rings is 2. The van der Waals surface area contributed by atoms with Crippen molar-refractivity contribution in [1.29, 1.82) is 0 Å². The van der Waals surface area contributed by atoms with Crippen molar-refractivity contribution < 1.29 is 9.59 Å². The summed E-state index contributed by atoms with van der Waals surface area (Å²) in [6.45, 7) is 6.01. The van der Waals surface area contributed by atoms with Crippen molar-refractivity contribution in [2.24, 2.45) is 11.1 Å². The Balaban J connectivity index is 1.95. The van der Waals surface area contributed by atoms with E-state index in [9.17, 15) is 9.59 Å². The zero-order valence-electron chi connectivity index (χ0n) is 17.5. The second kappa shape index (κ2) is 8.78. The van der Waals surface area contributed by atoms with Crippen molar-refractivity contribution in [3.63, 3.8) is 0 Å². The molecule has 3 atom stereocenters. The largest absolute Gasteiger partial charge is 0.320 e. The normalized spacial score (nSPS) is 22.8. The Bertz CT molecular complexity index is 830. The first-order valence-electron chi connectivity index (χ1n) is 10.2. The lowest BCUT2D eigenvalue weighted by molar-refractivity contribution is -0.145. The predicted molar refractivity (Wildman–Crippen MR) is 115 cm³/mol. The molecule has 5 heteroatoms. The highest BCUT2D eigenvalue weighted by Gasteiger charge is 2.38. The second-order valence-electron chi connectivity index (χ2n) is 9.09. The van der Waals surface area contributed by atoms with Gasteiger partial charge in [0, 0.05) is 6.42 Å². The summed E-state index contributed by atoms with van der Waals surface area (Å²) in [7, 11) is 0. The second-order valence-corrected chi connectivity index (χ2v) is 9.09. The van der Waals surface area contributed by atoms with Crippen molar-refractivity contribution in [1.82, 2.24) is 10.4 Å². The number of rotatable bonds is 4. The van der Waals surface area contributed by atoms with Gasteiger partial charge in [-0.15, -0.1) is 0 Å². The molecule has 0 saturated carbocycles. The van der Waals surface area contributed by atoms with Crippen molar-refractivity contribution in [2.75, 3.05) is 0 Å². The Labute approximate surface area is 173 Å². The van der Waals surface area contributed by atoms with Crippen LogP contribution in [0.5, 0.6) is 0 Å². The van der Waals surface area contributed by atoms with E-state index in [2.05, 4.69) is 17.6 Å². The fraction of sp³-hybridized carbons (Fsp3) is 0.417. The van der Waals surface area contributed by atoms with Crippen LogP contribution in [0.1, 0.15) is 63.1 Å². The van der Waals surface area contributed by atoms with Gasteiger partial charge < -0.3 is 5.73 Å². The molecule has 2 aromatic carbocycles. The minimum Gasteiger partial charge on any atom is -0.320 e. The van der Waals surface area contributed by atoms with Crippen LogP contribution < -0.4 is 11.2 Å². The van der Waals surface area contributed by atoms with Gasteiger partial charge >= 0.3 is 0 Å². The highest BCUT2D eigenvalue weighted by molar-refractivity contribution is 5.86. The Kier molecular flexibility index (Phi) is 6.38. The van der Waals surface area contributed by atoms with E-state index in [0.29, 0.717) is 19.3 Å². The molecule has 0 bridgehead atoms. The van der Waals surface area contributed by atoms with Crippen molar-refractivity contribution in [3.8, 4) is 0 Å². The summed E-state index contributed by atoms with van der Waals surface area (Å²) in [5.74, 6) is -0.276. The molecule has 2 aromatic rings. The van der Waals surface area contributed by atoms with Crippen LogP contribution in [-0.2, 0) is 9.59 Å². The summed E-state index contributed by atoms with van der Waals surface area (Å²) in [4.78, 5) is 25.9. The van der Waals surface area contributed by atoms with Crippen molar-refractivity contribution in [2.45, 2.75) is 58.0 Å². The predicted octanol–water partition coefficient (Wildman–Crippen LogP) is 3.93. The van der Waals surface area contributed by atoms with Crippen LogP contribution >= 0.6 is 0 Å². The first-order chi connectivity index (χ1) is 13.7. The molecule has 3 unspecified atom stereocenters. The van der Waals surface area contributed by atoms with Crippen LogP contribution in [0, 0.1) is 5.41 Å². The third kappa shape index (κ3) is 5.45. The van der Waals surface area contributed by atoms with E-state index in [-0.39, 0.29) is 29.2 Å². The molecule has 0 spiro atoms. The summed E-state index contributed by atoms with van der Waals surface area (Å²) in [6, 6.07) is 19.1. The molecule has 5 nitrogen and oxygen atoms in total. The summed E-state index contributed by atoms with van der Waals surface area (Å²) >= 11 is 0. The number of nitrogens with one attached hydrogen (secondary N) is 1. The molecule has 29 heavy (non-hydrogen) atoms. The van der Waals surface area contributed by atoms with E-state index < -0.39 is 6.04 Å². The number of nitrogens with two attached hydrogens (primary N) is 1. The SMILES string of the molecule is CC(C)(C)CC(=O)NN1C(=O)C(N)CC(c2ccccc2)CC1c1ccccc1. The van der Waals surface area contributed by atoms with E-state index in [4.69, 9.17) is 5.73 Å². The molecular weight excluding hydrogens is 362 g/mol. The van der Waals surface area contributed by atoms with Crippen molar-refractivity contribution in [3.05, 3.63) is 71.8 Å². The average Bonchev–Trinajstić information content (AvgIpc) is 2.80. The Morgan fingerprint density at radius 2 is 1.55 bits per heavy atom. The smallest absolute Gasteiger partial charge is 0.258 e.